The molecule has 2 atom stereocenters. The molecule has 0 saturated carbocycles. The second kappa shape index (κ2) is 5.41. The Hall–Kier alpha value is -0.930. The zero-order valence-corrected chi connectivity index (χ0v) is 10.2. The van der Waals surface area contributed by atoms with Gasteiger partial charge in [-0.25, -0.2) is 0 Å². The number of rotatable bonds is 2. The quantitative estimate of drug-likeness (QED) is 0.817. The lowest BCUT2D eigenvalue weighted by molar-refractivity contribution is 0.241. The van der Waals surface area contributed by atoms with Gasteiger partial charge in [0, 0.05) is 31.9 Å². The van der Waals surface area contributed by atoms with Gasteiger partial charge < -0.3 is 5.32 Å². The summed E-state index contributed by atoms with van der Waals surface area (Å²) >= 11 is 0. The monoisotopic (exact) mass is 219 g/mol. The number of nitrogens with one attached hydrogen (secondary N) is 1. The maximum atomic E-state index is 4.39. The van der Waals surface area contributed by atoms with Gasteiger partial charge >= 0.3 is 0 Å². The standard InChI is InChI=1S/C13H21N3/c1-11-7-15-12(2)9-16(8-11)10-13-5-3-4-6-14-13/h3-6,11-12,15H,7-10H2,1-2H3. The predicted octanol–water partition coefficient (Wildman–Crippen LogP) is 1.51. The molecule has 0 radical (unpaired) electrons. The third-order valence-electron chi connectivity index (χ3n) is 3.03. The molecule has 0 bridgehead atoms. The summed E-state index contributed by atoms with van der Waals surface area (Å²) in [6.45, 7) is 8.92. The second-order valence-corrected chi connectivity index (χ2v) is 4.93. The number of pyridine rings is 1. The van der Waals surface area contributed by atoms with Gasteiger partial charge in [-0.3, -0.25) is 9.88 Å². The zero-order valence-electron chi connectivity index (χ0n) is 10.2. The molecule has 1 aromatic rings. The third kappa shape index (κ3) is 3.29. The molecule has 0 aliphatic carbocycles. The van der Waals surface area contributed by atoms with Crippen molar-refractivity contribution in [3.63, 3.8) is 0 Å². The molecule has 2 heterocycles. The van der Waals surface area contributed by atoms with Crippen molar-refractivity contribution in [3.8, 4) is 0 Å². The van der Waals surface area contributed by atoms with Crippen LogP contribution in [0.2, 0.25) is 0 Å². The molecule has 3 nitrogen and oxygen atoms in total. The second-order valence-electron chi connectivity index (χ2n) is 4.93. The van der Waals surface area contributed by atoms with Gasteiger partial charge in [0.2, 0.25) is 0 Å². The summed E-state index contributed by atoms with van der Waals surface area (Å²) in [5.74, 6) is 0.716. The molecule has 2 unspecified atom stereocenters. The molecule has 1 aromatic heterocycles. The Kier molecular flexibility index (Phi) is 3.91. The fourth-order valence-corrected chi connectivity index (χ4v) is 2.28. The van der Waals surface area contributed by atoms with E-state index in [2.05, 4.69) is 41.2 Å². The number of hydrogen-bond acceptors (Lipinski definition) is 3. The molecule has 16 heavy (non-hydrogen) atoms. The summed E-state index contributed by atoms with van der Waals surface area (Å²) in [4.78, 5) is 6.89. The van der Waals surface area contributed by atoms with Crippen LogP contribution in [-0.4, -0.2) is 35.6 Å². The molecule has 1 aliphatic heterocycles. The van der Waals surface area contributed by atoms with Crippen molar-refractivity contribution in [3.05, 3.63) is 30.1 Å². The highest BCUT2D eigenvalue weighted by molar-refractivity contribution is 5.03. The minimum Gasteiger partial charge on any atom is -0.313 e. The molecule has 1 fully saturated rings. The molecular weight excluding hydrogens is 198 g/mol. The Morgan fingerprint density at radius 1 is 1.38 bits per heavy atom. The first-order chi connectivity index (χ1) is 7.74. The van der Waals surface area contributed by atoms with Gasteiger partial charge in [0.05, 0.1) is 5.69 Å². The lowest BCUT2D eigenvalue weighted by Crippen LogP contribution is -2.35. The van der Waals surface area contributed by atoms with Gasteiger partial charge in [-0.15, -0.1) is 0 Å². The Morgan fingerprint density at radius 3 is 3.00 bits per heavy atom. The van der Waals surface area contributed by atoms with Crippen LogP contribution in [0.25, 0.3) is 0 Å². The SMILES string of the molecule is CC1CNC(C)CN(Cc2ccccn2)C1. The highest BCUT2D eigenvalue weighted by atomic mass is 15.2. The van der Waals surface area contributed by atoms with Gasteiger partial charge in [0.25, 0.3) is 0 Å². The highest BCUT2D eigenvalue weighted by Gasteiger charge is 2.18. The van der Waals surface area contributed by atoms with Crippen LogP contribution in [0, 0.1) is 5.92 Å². The molecule has 1 N–H and O–H groups in total. The minimum absolute atomic E-state index is 0.577. The maximum Gasteiger partial charge on any atom is 0.0543 e. The summed E-state index contributed by atoms with van der Waals surface area (Å²) in [6, 6.07) is 6.71. The van der Waals surface area contributed by atoms with Crippen molar-refractivity contribution in [2.45, 2.75) is 26.4 Å². The largest absolute Gasteiger partial charge is 0.313 e. The van der Waals surface area contributed by atoms with Crippen molar-refractivity contribution >= 4 is 0 Å². The lowest BCUT2D eigenvalue weighted by atomic mass is 10.2. The van der Waals surface area contributed by atoms with Gasteiger partial charge in [0.1, 0.15) is 0 Å². The average molecular weight is 219 g/mol. The van der Waals surface area contributed by atoms with Crippen LogP contribution in [0.15, 0.2) is 24.4 Å². The molecule has 0 spiro atoms. The van der Waals surface area contributed by atoms with E-state index < -0.39 is 0 Å². The number of nitrogens with zero attached hydrogens (tertiary/aromatic N) is 2. The topological polar surface area (TPSA) is 28.2 Å². The van der Waals surface area contributed by atoms with Gasteiger partial charge in [0.15, 0.2) is 0 Å². The first-order valence-corrected chi connectivity index (χ1v) is 6.09. The van der Waals surface area contributed by atoms with Crippen LogP contribution in [0.3, 0.4) is 0 Å². The van der Waals surface area contributed by atoms with Crippen molar-refractivity contribution < 1.29 is 0 Å². The fraction of sp³-hybridized carbons (Fsp3) is 0.615. The third-order valence-corrected chi connectivity index (χ3v) is 3.03. The van der Waals surface area contributed by atoms with Crippen LogP contribution in [0.5, 0.6) is 0 Å². The number of hydrogen-bond donors (Lipinski definition) is 1. The molecule has 0 aromatic carbocycles. The van der Waals surface area contributed by atoms with E-state index in [0.29, 0.717) is 12.0 Å². The molecule has 1 saturated heterocycles. The van der Waals surface area contributed by atoms with Crippen LogP contribution in [0.1, 0.15) is 19.5 Å². The van der Waals surface area contributed by atoms with E-state index in [9.17, 15) is 0 Å². The van der Waals surface area contributed by atoms with E-state index in [-0.39, 0.29) is 0 Å². The van der Waals surface area contributed by atoms with Gasteiger partial charge in [-0.05, 0) is 31.5 Å². The van der Waals surface area contributed by atoms with Crippen LogP contribution >= 0.6 is 0 Å². The van der Waals surface area contributed by atoms with Crippen molar-refractivity contribution in [2.75, 3.05) is 19.6 Å². The smallest absolute Gasteiger partial charge is 0.0543 e. The van der Waals surface area contributed by atoms with Crippen LogP contribution in [-0.2, 0) is 6.54 Å². The Bertz CT molecular complexity index is 300. The number of aromatic nitrogens is 1. The fourth-order valence-electron chi connectivity index (χ4n) is 2.28. The molecule has 0 amide bonds. The van der Waals surface area contributed by atoms with Crippen molar-refractivity contribution in [1.82, 2.24) is 15.2 Å². The minimum atomic E-state index is 0.577. The molecular formula is C13H21N3. The lowest BCUT2D eigenvalue weighted by Gasteiger charge is -2.22. The van der Waals surface area contributed by atoms with E-state index in [0.717, 1.165) is 26.2 Å². The van der Waals surface area contributed by atoms with E-state index >= 15 is 0 Å². The average Bonchev–Trinajstić information content (AvgIpc) is 2.42. The molecule has 2 rings (SSSR count). The maximum absolute atomic E-state index is 4.39. The Morgan fingerprint density at radius 2 is 2.25 bits per heavy atom. The van der Waals surface area contributed by atoms with E-state index in [4.69, 9.17) is 0 Å². The summed E-state index contributed by atoms with van der Waals surface area (Å²) < 4.78 is 0. The van der Waals surface area contributed by atoms with E-state index in [1.165, 1.54) is 5.69 Å². The summed E-state index contributed by atoms with van der Waals surface area (Å²) in [7, 11) is 0. The predicted molar refractivity (Wildman–Crippen MR) is 66.1 cm³/mol. The zero-order chi connectivity index (χ0) is 11.4. The summed E-state index contributed by atoms with van der Waals surface area (Å²) in [5, 5.41) is 3.55. The van der Waals surface area contributed by atoms with Crippen LogP contribution in [0.4, 0.5) is 0 Å². The normalized spacial score (nSPS) is 27.6. The molecule has 88 valence electrons. The van der Waals surface area contributed by atoms with E-state index in [1.54, 1.807) is 0 Å². The van der Waals surface area contributed by atoms with Crippen molar-refractivity contribution in [2.24, 2.45) is 5.92 Å². The Balaban J connectivity index is 1.97. The van der Waals surface area contributed by atoms with Gasteiger partial charge in [-0.2, -0.15) is 0 Å². The summed E-state index contributed by atoms with van der Waals surface area (Å²) in [6.07, 6.45) is 1.87. The molecule has 1 aliphatic rings. The first-order valence-electron chi connectivity index (χ1n) is 6.09. The van der Waals surface area contributed by atoms with E-state index in [1.807, 2.05) is 12.3 Å². The van der Waals surface area contributed by atoms with Gasteiger partial charge in [-0.1, -0.05) is 13.0 Å². The van der Waals surface area contributed by atoms with Crippen molar-refractivity contribution in [1.29, 1.82) is 0 Å². The van der Waals surface area contributed by atoms with Crippen LogP contribution < -0.4 is 5.32 Å². The summed E-state index contributed by atoms with van der Waals surface area (Å²) in [5.41, 5.74) is 1.17. The highest BCUT2D eigenvalue weighted by Crippen LogP contribution is 2.09. The first kappa shape index (κ1) is 11.6. The Labute approximate surface area is 97.9 Å². The molecule has 3 heteroatoms.